The first kappa shape index (κ1) is 9.24. The number of aromatic nitrogens is 1. The van der Waals surface area contributed by atoms with Crippen LogP contribution in [0.3, 0.4) is 0 Å². The lowest BCUT2D eigenvalue weighted by molar-refractivity contribution is 0.707. The van der Waals surface area contributed by atoms with Crippen LogP contribution in [-0.2, 0) is 6.42 Å². The van der Waals surface area contributed by atoms with Gasteiger partial charge in [-0.05, 0) is 31.4 Å². The number of hydrogen-bond donors (Lipinski definition) is 0. The lowest BCUT2D eigenvalue weighted by Gasteiger charge is -1.99. The van der Waals surface area contributed by atoms with Gasteiger partial charge < -0.3 is 0 Å². The minimum Gasteiger partial charge on any atom is -0.261 e. The van der Waals surface area contributed by atoms with Crippen molar-refractivity contribution in [2.24, 2.45) is 0 Å². The first-order valence-corrected chi connectivity index (χ1v) is 4.74. The van der Waals surface area contributed by atoms with Crippen LogP contribution in [-0.4, -0.2) is 4.98 Å². The van der Waals surface area contributed by atoms with Crippen molar-refractivity contribution in [1.82, 2.24) is 4.98 Å². The van der Waals surface area contributed by atoms with Crippen molar-refractivity contribution in [3.8, 4) is 0 Å². The third-order valence-corrected chi connectivity index (χ3v) is 2.01. The Morgan fingerprint density at radius 3 is 2.67 bits per heavy atom. The summed E-state index contributed by atoms with van der Waals surface area (Å²) in [5.74, 6) is 0. The number of rotatable bonds is 4. The van der Waals surface area contributed by atoms with E-state index in [4.69, 9.17) is 0 Å². The third kappa shape index (κ3) is 3.04. The summed E-state index contributed by atoms with van der Waals surface area (Å²) in [4.78, 5) is 4.35. The topological polar surface area (TPSA) is 12.9 Å². The van der Waals surface area contributed by atoms with Crippen LogP contribution in [0.4, 0.5) is 0 Å². The van der Waals surface area contributed by atoms with E-state index in [1.54, 1.807) is 0 Å². The Kier molecular flexibility index (Phi) is 3.78. The third-order valence-electron chi connectivity index (χ3n) is 2.01. The predicted octanol–water partition coefficient (Wildman–Crippen LogP) is 3.12. The normalized spacial score (nSPS) is 10.2. The molecule has 1 heterocycles. The fourth-order valence-corrected chi connectivity index (χ4v) is 1.20. The predicted molar refractivity (Wildman–Crippen MR) is 52.2 cm³/mol. The largest absolute Gasteiger partial charge is 0.261 e. The molecule has 1 nitrogen and oxygen atoms in total. The summed E-state index contributed by atoms with van der Waals surface area (Å²) in [6.45, 7) is 4.30. The standard InChI is InChI=1S/C11H17N/c1-3-4-5-6-11-8-7-10(2)9-12-11/h7-9H,3-6H2,1-2H3. The van der Waals surface area contributed by atoms with Crippen LogP contribution in [0.2, 0.25) is 0 Å². The lowest BCUT2D eigenvalue weighted by Crippen LogP contribution is -1.89. The van der Waals surface area contributed by atoms with Crippen molar-refractivity contribution in [1.29, 1.82) is 0 Å². The second kappa shape index (κ2) is 4.91. The molecule has 0 aliphatic carbocycles. The van der Waals surface area contributed by atoms with Crippen molar-refractivity contribution in [3.05, 3.63) is 29.6 Å². The van der Waals surface area contributed by atoms with E-state index in [2.05, 4.69) is 31.0 Å². The van der Waals surface area contributed by atoms with E-state index >= 15 is 0 Å². The first-order chi connectivity index (χ1) is 5.83. The molecule has 0 amide bonds. The van der Waals surface area contributed by atoms with Crippen molar-refractivity contribution in [2.75, 3.05) is 0 Å². The van der Waals surface area contributed by atoms with E-state index in [1.165, 1.54) is 30.5 Å². The summed E-state index contributed by atoms with van der Waals surface area (Å²) >= 11 is 0. The van der Waals surface area contributed by atoms with E-state index in [1.807, 2.05) is 6.20 Å². The minimum atomic E-state index is 1.13. The van der Waals surface area contributed by atoms with Crippen LogP contribution in [0.15, 0.2) is 18.3 Å². The number of nitrogens with zero attached hydrogens (tertiary/aromatic N) is 1. The highest BCUT2D eigenvalue weighted by molar-refractivity contribution is 5.12. The molecule has 0 atom stereocenters. The monoisotopic (exact) mass is 163 g/mol. The second-order valence-corrected chi connectivity index (χ2v) is 3.28. The van der Waals surface area contributed by atoms with Crippen molar-refractivity contribution in [2.45, 2.75) is 39.5 Å². The van der Waals surface area contributed by atoms with E-state index in [0.29, 0.717) is 0 Å². The quantitative estimate of drug-likeness (QED) is 0.621. The van der Waals surface area contributed by atoms with Crippen molar-refractivity contribution in [3.63, 3.8) is 0 Å². The molecular formula is C11H17N. The SMILES string of the molecule is CCCCCc1ccc(C)cn1. The maximum Gasteiger partial charge on any atom is 0.0403 e. The molecule has 0 bridgehead atoms. The van der Waals surface area contributed by atoms with Gasteiger partial charge in [0.25, 0.3) is 0 Å². The van der Waals surface area contributed by atoms with Gasteiger partial charge in [-0.15, -0.1) is 0 Å². The van der Waals surface area contributed by atoms with Gasteiger partial charge in [0.1, 0.15) is 0 Å². The lowest BCUT2D eigenvalue weighted by atomic mass is 10.1. The van der Waals surface area contributed by atoms with Crippen molar-refractivity contribution >= 4 is 0 Å². The highest BCUT2D eigenvalue weighted by Crippen LogP contribution is 2.04. The van der Waals surface area contributed by atoms with Gasteiger partial charge in [0.2, 0.25) is 0 Å². The van der Waals surface area contributed by atoms with Gasteiger partial charge >= 0.3 is 0 Å². The Morgan fingerprint density at radius 1 is 1.25 bits per heavy atom. The van der Waals surface area contributed by atoms with Crippen LogP contribution in [0.1, 0.15) is 37.4 Å². The van der Waals surface area contributed by atoms with Crippen LogP contribution < -0.4 is 0 Å². The van der Waals surface area contributed by atoms with Crippen LogP contribution in [0.25, 0.3) is 0 Å². The zero-order chi connectivity index (χ0) is 8.81. The molecule has 0 N–H and O–H groups in total. The maximum absolute atomic E-state index is 4.35. The number of unbranched alkanes of at least 4 members (excludes halogenated alkanes) is 2. The molecule has 0 aromatic carbocycles. The van der Waals surface area contributed by atoms with Gasteiger partial charge in [-0.2, -0.15) is 0 Å². The second-order valence-electron chi connectivity index (χ2n) is 3.28. The van der Waals surface area contributed by atoms with Gasteiger partial charge in [-0.25, -0.2) is 0 Å². The number of pyridine rings is 1. The Bertz CT molecular complexity index is 213. The van der Waals surface area contributed by atoms with E-state index in [-0.39, 0.29) is 0 Å². The molecule has 1 rings (SSSR count). The summed E-state index contributed by atoms with van der Waals surface area (Å²) in [5.41, 5.74) is 2.48. The Hall–Kier alpha value is -0.850. The Balaban J connectivity index is 2.37. The van der Waals surface area contributed by atoms with E-state index in [9.17, 15) is 0 Å². The summed E-state index contributed by atoms with van der Waals surface area (Å²) in [6, 6.07) is 4.26. The fraction of sp³-hybridized carbons (Fsp3) is 0.545. The first-order valence-electron chi connectivity index (χ1n) is 4.74. The molecule has 1 aromatic rings. The molecular weight excluding hydrogens is 146 g/mol. The summed E-state index contributed by atoms with van der Waals surface area (Å²) < 4.78 is 0. The van der Waals surface area contributed by atoms with Crippen LogP contribution in [0, 0.1) is 6.92 Å². The van der Waals surface area contributed by atoms with E-state index in [0.717, 1.165) is 6.42 Å². The van der Waals surface area contributed by atoms with Crippen molar-refractivity contribution < 1.29 is 0 Å². The summed E-state index contributed by atoms with van der Waals surface area (Å²) in [5, 5.41) is 0. The molecule has 1 aromatic heterocycles. The van der Waals surface area contributed by atoms with Gasteiger partial charge in [-0.1, -0.05) is 25.8 Å². The van der Waals surface area contributed by atoms with Gasteiger partial charge in [0.05, 0.1) is 0 Å². The molecule has 0 aliphatic heterocycles. The highest BCUT2D eigenvalue weighted by Gasteiger charge is 1.92. The Labute approximate surface area is 74.8 Å². The number of hydrogen-bond acceptors (Lipinski definition) is 1. The number of aryl methyl sites for hydroxylation is 2. The maximum atomic E-state index is 4.35. The molecule has 0 spiro atoms. The fourth-order valence-electron chi connectivity index (χ4n) is 1.20. The molecule has 0 unspecified atom stereocenters. The van der Waals surface area contributed by atoms with Gasteiger partial charge in [-0.3, -0.25) is 4.98 Å². The minimum absolute atomic E-state index is 1.13. The summed E-state index contributed by atoms with van der Waals surface area (Å²) in [7, 11) is 0. The average molecular weight is 163 g/mol. The van der Waals surface area contributed by atoms with Crippen LogP contribution in [0.5, 0.6) is 0 Å². The van der Waals surface area contributed by atoms with Gasteiger partial charge in [0.15, 0.2) is 0 Å². The molecule has 0 fully saturated rings. The summed E-state index contributed by atoms with van der Waals surface area (Å²) in [6.07, 6.45) is 6.95. The zero-order valence-electron chi connectivity index (χ0n) is 8.01. The molecule has 66 valence electrons. The molecule has 0 saturated heterocycles. The van der Waals surface area contributed by atoms with E-state index < -0.39 is 0 Å². The molecule has 1 heteroatoms. The highest BCUT2D eigenvalue weighted by atomic mass is 14.7. The smallest absolute Gasteiger partial charge is 0.0403 e. The van der Waals surface area contributed by atoms with Crippen LogP contribution >= 0.6 is 0 Å². The molecule has 12 heavy (non-hydrogen) atoms. The Morgan fingerprint density at radius 2 is 2.08 bits per heavy atom. The zero-order valence-corrected chi connectivity index (χ0v) is 8.01. The van der Waals surface area contributed by atoms with Gasteiger partial charge in [0, 0.05) is 11.9 Å². The molecule has 0 radical (unpaired) electrons. The molecule has 0 aliphatic rings. The molecule has 0 saturated carbocycles. The average Bonchev–Trinajstić information content (AvgIpc) is 2.09.